The number of carbonyl (C=O) groups is 1. The fourth-order valence-electron chi connectivity index (χ4n) is 2.75. The summed E-state index contributed by atoms with van der Waals surface area (Å²) in [5.41, 5.74) is 0.0518. The van der Waals surface area contributed by atoms with Crippen LogP contribution >= 0.6 is 11.6 Å². The van der Waals surface area contributed by atoms with Crippen LogP contribution in [0.5, 0.6) is 0 Å². The molecule has 2 unspecified atom stereocenters. The first kappa shape index (κ1) is 14.6. The van der Waals surface area contributed by atoms with Gasteiger partial charge in [0.2, 0.25) is 0 Å². The van der Waals surface area contributed by atoms with E-state index in [0.29, 0.717) is 6.54 Å². The number of aliphatic carboxylic acids is 1. The van der Waals surface area contributed by atoms with E-state index in [9.17, 15) is 20.0 Å². The van der Waals surface area contributed by atoms with Gasteiger partial charge in [0.1, 0.15) is 16.8 Å². The molecule has 0 radical (unpaired) electrons. The summed E-state index contributed by atoms with van der Waals surface area (Å²) in [5, 5.41) is 20.6. The van der Waals surface area contributed by atoms with Crippen molar-refractivity contribution in [3.8, 4) is 0 Å². The molecule has 0 saturated carbocycles. The Kier molecular flexibility index (Phi) is 4.13. The molecule has 0 amide bonds. The molecule has 0 aromatic heterocycles. The van der Waals surface area contributed by atoms with Crippen molar-refractivity contribution in [2.24, 2.45) is 5.92 Å². The summed E-state index contributed by atoms with van der Waals surface area (Å²) in [6.45, 7) is 2.32. The van der Waals surface area contributed by atoms with E-state index < -0.39 is 16.9 Å². The molecule has 2 atom stereocenters. The van der Waals surface area contributed by atoms with Gasteiger partial charge in [0.15, 0.2) is 0 Å². The van der Waals surface area contributed by atoms with E-state index in [1.54, 1.807) is 17.0 Å². The lowest BCUT2D eigenvalue weighted by atomic mass is 9.90. The van der Waals surface area contributed by atoms with Crippen LogP contribution in [0, 0.1) is 16.0 Å². The van der Waals surface area contributed by atoms with Crippen LogP contribution in [0.2, 0.25) is 5.02 Å². The SMILES string of the molecule is CC1CCCN(c2cccc(Cl)c2[N+](=O)[O-])C1C(=O)O. The molecule has 7 heteroatoms. The van der Waals surface area contributed by atoms with E-state index >= 15 is 0 Å². The number of halogens is 1. The molecule has 1 aliphatic rings. The number of nitro groups is 1. The largest absolute Gasteiger partial charge is 0.480 e. The number of piperidine rings is 1. The fraction of sp³-hybridized carbons (Fsp3) is 0.462. The molecule has 0 spiro atoms. The topological polar surface area (TPSA) is 83.7 Å². The normalized spacial score (nSPS) is 22.6. The predicted octanol–water partition coefficient (Wildman–Crippen LogP) is 2.94. The number of carboxylic acid groups (broad SMARTS) is 1. The number of para-hydroxylation sites is 1. The van der Waals surface area contributed by atoms with E-state index in [2.05, 4.69) is 0 Å². The van der Waals surface area contributed by atoms with Crippen molar-refractivity contribution in [1.29, 1.82) is 0 Å². The molecule has 20 heavy (non-hydrogen) atoms. The number of hydrogen-bond acceptors (Lipinski definition) is 4. The summed E-state index contributed by atoms with van der Waals surface area (Å²) in [6, 6.07) is 3.83. The first-order chi connectivity index (χ1) is 9.43. The Labute approximate surface area is 121 Å². The predicted molar refractivity (Wildman–Crippen MR) is 75.3 cm³/mol. The molecule has 2 rings (SSSR count). The van der Waals surface area contributed by atoms with Crippen molar-refractivity contribution in [1.82, 2.24) is 0 Å². The molecule has 0 aliphatic carbocycles. The summed E-state index contributed by atoms with van der Waals surface area (Å²) >= 11 is 5.89. The smallest absolute Gasteiger partial charge is 0.326 e. The van der Waals surface area contributed by atoms with E-state index in [1.165, 1.54) is 6.07 Å². The van der Waals surface area contributed by atoms with Gasteiger partial charge in [0.25, 0.3) is 0 Å². The zero-order chi connectivity index (χ0) is 14.9. The van der Waals surface area contributed by atoms with Gasteiger partial charge in [-0.3, -0.25) is 10.1 Å². The van der Waals surface area contributed by atoms with Crippen LogP contribution in [0.25, 0.3) is 0 Å². The van der Waals surface area contributed by atoms with Gasteiger partial charge in [-0.1, -0.05) is 24.6 Å². The summed E-state index contributed by atoms with van der Waals surface area (Å²) in [6.07, 6.45) is 1.59. The van der Waals surface area contributed by atoms with Gasteiger partial charge in [-0.05, 0) is 30.9 Å². The zero-order valence-corrected chi connectivity index (χ0v) is 11.7. The van der Waals surface area contributed by atoms with Crippen molar-refractivity contribution >= 4 is 28.9 Å². The molecule has 1 aromatic carbocycles. The monoisotopic (exact) mass is 298 g/mol. The van der Waals surface area contributed by atoms with Crippen LogP contribution in [-0.2, 0) is 4.79 Å². The third kappa shape index (κ3) is 2.56. The van der Waals surface area contributed by atoms with Gasteiger partial charge >= 0.3 is 11.7 Å². The minimum absolute atomic E-state index is 0.0230. The van der Waals surface area contributed by atoms with Crippen LogP contribution in [0.1, 0.15) is 19.8 Å². The van der Waals surface area contributed by atoms with E-state index in [0.717, 1.165) is 12.8 Å². The first-order valence-electron chi connectivity index (χ1n) is 6.36. The molecule has 0 bridgehead atoms. The third-order valence-electron chi connectivity index (χ3n) is 3.64. The summed E-state index contributed by atoms with van der Waals surface area (Å²) < 4.78 is 0. The standard InChI is InChI=1S/C13H15ClN2O4/c1-8-4-3-7-15(11(8)13(17)18)10-6-2-5-9(14)12(10)16(19)20/h2,5-6,8,11H,3-4,7H2,1H3,(H,17,18). The Morgan fingerprint density at radius 3 is 2.85 bits per heavy atom. The number of nitrogens with zero attached hydrogens (tertiary/aromatic N) is 2. The molecule has 1 aromatic rings. The number of carboxylic acids is 1. The minimum atomic E-state index is -0.966. The van der Waals surface area contributed by atoms with Crippen LogP contribution in [-0.4, -0.2) is 28.6 Å². The van der Waals surface area contributed by atoms with Gasteiger partial charge in [-0.2, -0.15) is 0 Å². The highest BCUT2D eigenvalue weighted by atomic mass is 35.5. The summed E-state index contributed by atoms with van der Waals surface area (Å²) in [5.74, 6) is -1.04. The van der Waals surface area contributed by atoms with Crippen molar-refractivity contribution in [3.05, 3.63) is 33.3 Å². The lowest BCUT2D eigenvalue weighted by Gasteiger charge is -2.38. The van der Waals surface area contributed by atoms with Crippen molar-refractivity contribution in [2.75, 3.05) is 11.4 Å². The Bertz CT molecular complexity index is 549. The molecule has 108 valence electrons. The van der Waals surface area contributed by atoms with Gasteiger partial charge < -0.3 is 10.0 Å². The van der Waals surface area contributed by atoms with Gasteiger partial charge in [0.05, 0.1) is 4.92 Å². The van der Waals surface area contributed by atoms with Crippen molar-refractivity contribution in [2.45, 2.75) is 25.8 Å². The number of hydrogen-bond donors (Lipinski definition) is 1. The molecule has 1 N–H and O–H groups in total. The second-order valence-electron chi connectivity index (χ2n) is 4.96. The van der Waals surface area contributed by atoms with Gasteiger partial charge in [0, 0.05) is 6.54 Å². The van der Waals surface area contributed by atoms with Gasteiger partial charge in [-0.25, -0.2) is 4.79 Å². The molecular formula is C13H15ClN2O4. The maximum Gasteiger partial charge on any atom is 0.326 e. The van der Waals surface area contributed by atoms with E-state index in [1.807, 2.05) is 6.92 Å². The summed E-state index contributed by atoms with van der Waals surface area (Å²) in [7, 11) is 0. The van der Waals surface area contributed by atoms with Crippen LogP contribution in [0.4, 0.5) is 11.4 Å². The number of anilines is 1. The Morgan fingerprint density at radius 2 is 2.25 bits per heavy atom. The van der Waals surface area contributed by atoms with Crippen LogP contribution < -0.4 is 4.90 Å². The molecular weight excluding hydrogens is 284 g/mol. The molecule has 1 aliphatic heterocycles. The third-order valence-corrected chi connectivity index (χ3v) is 3.95. The average Bonchev–Trinajstić information content (AvgIpc) is 2.37. The van der Waals surface area contributed by atoms with Crippen molar-refractivity contribution in [3.63, 3.8) is 0 Å². The number of rotatable bonds is 3. The van der Waals surface area contributed by atoms with E-state index in [4.69, 9.17) is 11.6 Å². The van der Waals surface area contributed by atoms with Crippen LogP contribution in [0.15, 0.2) is 18.2 Å². The number of nitro benzene ring substituents is 1. The first-order valence-corrected chi connectivity index (χ1v) is 6.73. The quantitative estimate of drug-likeness (QED) is 0.685. The average molecular weight is 299 g/mol. The second-order valence-corrected chi connectivity index (χ2v) is 5.37. The Morgan fingerprint density at radius 1 is 1.55 bits per heavy atom. The molecule has 6 nitrogen and oxygen atoms in total. The molecule has 1 fully saturated rings. The highest BCUT2D eigenvalue weighted by molar-refractivity contribution is 6.33. The summed E-state index contributed by atoms with van der Waals surface area (Å²) in [4.78, 5) is 23.7. The Balaban J connectivity index is 2.51. The highest BCUT2D eigenvalue weighted by Crippen LogP contribution is 2.38. The maximum atomic E-state index is 11.5. The zero-order valence-electron chi connectivity index (χ0n) is 11.0. The van der Waals surface area contributed by atoms with Crippen molar-refractivity contribution < 1.29 is 14.8 Å². The van der Waals surface area contributed by atoms with Gasteiger partial charge in [-0.15, -0.1) is 0 Å². The highest BCUT2D eigenvalue weighted by Gasteiger charge is 2.37. The maximum absolute atomic E-state index is 11.5. The minimum Gasteiger partial charge on any atom is -0.480 e. The lowest BCUT2D eigenvalue weighted by molar-refractivity contribution is -0.384. The Hall–Kier alpha value is -1.82. The molecule has 1 heterocycles. The van der Waals surface area contributed by atoms with E-state index in [-0.39, 0.29) is 22.3 Å². The molecule has 1 saturated heterocycles. The second kappa shape index (κ2) is 5.66. The van der Waals surface area contributed by atoms with Crippen LogP contribution in [0.3, 0.4) is 0 Å². The fourth-order valence-corrected chi connectivity index (χ4v) is 2.99. The lowest BCUT2D eigenvalue weighted by Crippen LogP contribution is -2.49. The number of benzene rings is 1.